The molecule has 33 heavy (non-hydrogen) atoms. The Kier molecular flexibility index (Phi) is 4.87. The molecular formula is C27H31N5O. The molecule has 1 atom stereocenters. The van der Waals surface area contributed by atoms with Crippen molar-refractivity contribution in [2.75, 3.05) is 19.6 Å². The molecule has 4 aromatic rings. The van der Waals surface area contributed by atoms with Crippen LogP contribution in [0.2, 0.25) is 0 Å². The lowest BCUT2D eigenvalue weighted by Gasteiger charge is -2.43. The number of nitrogens with one attached hydrogen (secondary N) is 1. The van der Waals surface area contributed by atoms with E-state index in [1.807, 2.05) is 0 Å². The lowest BCUT2D eigenvalue weighted by molar-refractivity contribution is 0.0758. The largest absolute Gasteiger partial charge is 0.420 e. The molecule has 6 heteroatoms. The number of aryl methyl sites for hydroxylation is 2. The Balaban J connectivity index is 1.40. The maximum absolute atomic E-state index is 6.27. The Hall–Kier alpha value is -2.99. The van der Waals surface area contributed by atoms with Crippen LogP contribution in [-0.2, 0) is 0 Å². The molecule has 170 valence electrons. The second-order valence-corrected chi connectivity index (χ2v) is 10.2. The number of fused-ring (bicyclic) bond motifs is 4. The van der Waals surface area contributed by atoms with Crippen LogP contribution in [0.25, 0.3) is 33.6 Å². The molecule has 3 aliphatic rings. The van der Waals surface area contributed by atoms with Crippen LogP contribution in [0.4, 0.5) is 0 Å². The summed E-state index contributed by atoms with van der Waals surface area (Å²) in [6, 6.07) is 10.7. The monoisotopic (exact) mass is 441 g/mol. The predicted octanol–water partition coefficient (Wildman–Crippen LogP) is 5.83. The molecule has 3 saturated heterocycles. The number of nitrogens with zero attached hydrogens (tertiary/aromatic N) is 4. The Morgan fingerprint density at radius 3 is 2.42 bits per heavy atom. The summed E-state index contributed by atoms with van der Waals surface area (Å²) < 4.78 is 6.27. The maximum Gasteiger partial charge on any atom is 0.247 e. The summed E-state index contributed by atoms with van der Waals surface area (Å²) in [5.41, 5.74) is 7.84. The zero-order valence-electron chi connectivity index (χ0n) is 19.9. The highest BCUT2D eigenvalue weighted by atomic mass is 16.4. The Morgan fingerprint density at radius 1 is 1.00 bits per heavy atom. The quantitative estimate of drug-likeness (QED) is 0.431. The van der Waals surface area contributed by atoms with Gasteiger partial charge in [-0.25, -0.2) is 0 Å². The molecule has 3 aliphatic heterocycles. The zero-order valence-corrected chi connectivity index (χ0v) is 19.9. The van der Waals surface area contributed by atoms with E-state index in [2.05, 4.69) is 83.1 Å². The van der Waals surface area contributed by atoms with Crippen LogP contribution in [0.5, 0.6) is 0 Å². The fourth-order valence-electron chi connectivity index (χ4n) is 5.90. The third-order valence-corrected chi connectivity index (χ3v) is 7.45. The molecular weight excluding hydrogens is 410 g/mol. The molecule has 0 aliphatic carbocycles. The first kappa shape index (κ1) is 20.6. The van der Waals surface area contributed by atoms with Gasteiger partial charge in [0.15, 0.2) is 0 Å². The van der Waals surface area contributed by atoms with Gasteiger partial charge in [0.2, 0.25) is 11.8 Å². The first-order chi connectivity index (χ1) is 16.0. The van der Waals surface area contributed by atoms with Crippen molar-refractivity contribution in [3.8, 4) is 22.7 Å². The Morgan fingerprint density at radius 2 is 1.76 bits per heavy atom. The van der Waals surface area contributed by atoms with Crippen molar-refractivity contribution < 1.29 is 4.42 Å². The smallest absolute Gasteiger partial charge is 0.247 e. The van der Waals surface area contributed by atoms with E-state index in [9.17, 15) is 0 Å². The molecule has 0 saturated carbocycles. The van der Waals surface area contributed by atoms with Crippen LogP contribution in [0.1, 0.15) is 61.4 Å². The van der Waals surface area contributed by atoms with E-state index in [-0.39, 0.29) is 0 Å². The van der Waals surface area contributed by atoms with Crippen LogP contribution >= 0.6 is 0 Å². The summed E-state index contributed by atoms with van der Waals surface area (Å²) in [7, 11) is 0. The zero-order chi connectivity index (χ0) is 22.7. The molecule has 0 spiro atoms. The predicted molar refractivity (Wildman–Crippen MR) is 130 cm³/mol. The van der Waals surface area contributed by atoms with E-state index in [4.69, 9.17) is 4.42 Å². The molecule has 0 radical (unpaired) electrons. The van der Waals surface area contributed by atoms with Crippen LogP contribution < -0.4 is 0 Å². The van der Waals surface area contributed by atoms with Gasteiger partial charge in [-0.05, 0) is 87.5 Å². The van der Waals surface area contributed by atoms with Crippen LogP contribution in [0, 0.1) is 19.8 Å². The van der Waals surface area contributed by atoms with E-state index in [0.717, 1.165) is 34.9 Å². The van der Waals surface area contributed by atoms with Gasteiger partial charge >= 0.3 is 0 Å². The normalized spacial score (nSPS) is 22.5. The third kappa shape index (κ3) is 3.57. The van der Waals surface area contributed by atoms with E-state index in [0.29, 0.717) is 23.6 Å². The summed E-state index contributed by atoms with van der Waals surface area (Å²) in [4.78, 5) is 10.7. The van der Waals surface area contributed by atoms with Crippen molar-refractivity contribution in [1.82, 2.24) is 25.1 Å². The van der Waals surface area contributed by atoms with Gasteiger partial charge in [-0.3, -0.25) is 4.98 Å². The number of aromatic amines is 1. The van der Waals surface area contributed by atoms with Gasteiger partial charge in [-0.1, -0.05) is 13.8 Å². The number of benzene rings is 1. The van der Waals surface area contributed by atoms with Gasteiger partial charge in [0.25, 0.3) is 0 Å². The molecule has 3 aromatic heterocycles. The summed E-state index contributed by atoms with van der Waals surface area (Å²) in [6.07, 6.45) is 2.48. The number of piperidine rings is 3. The SMILES string of the molecule is Cc1cc(-c2[nH]c3ccc(-c4nnc(C5CN6CCC5CC6)o4)cc3c2C(C)C)cc(C)n1. The van der Waals surface area contributed by atoms with Crippen LogP contribution in [-0.4, -0.2) is 44.7 Å². The summed E-state index contributed by atoms with van der Waals surface area (Å²) >= 11 is 0. The number of rotatable bonds is 4. The van der Waals surface area contributed by atoms with Crippen molar-refractivity contribution >= 4 is 10.9 Å². The average Bonchev–Trinajstić information content (AvgIpc) is 3.44. The van der Waals surface area contributed by atoms with Crippen molar-refractivity contribution in [3.63, 3.8) is 0 Å². The molecule has 1 unspecified atom stereocenters. The molecule has 0 amide bonds. The fourth-order valence-corrected chi connectivity index (χ4v) is 5.90. The third-order valence-electron chi connectivity index (χ3n) is 7.45. The lowest BCUT2D eigenvalue weighted by atomic mass is 9.79. The molecule has 3 fully saturated rings. The second kappa shape index (κ2) is 7.80. The van der Waals surface area contributed by atoms with Crippen LogP contribution in [0.3, 0.4) is 0 Å². The van der Waals surface area contributed by atoms with E-state index in [1.54, 1.807) is 0 Å². The molecule has 1 aromatic carbocycles. The first-order valence-corrected chi connectivity index (χ1v) is 12.1. The highest BCUT2D eigenvalue weighted by molar-refractivity contribution is 5.93. The van der Waals surface area contributed by atoms with Crippen LogP contribution in [0.15, 0.2) is 34.7 Å². The number of hydrogen-bond donors (Lipinski definition) is 1. The topological polar surface area (TPSA) is 70.8 Å². The fraction of sp³-hybridized carbons (Fsp3) is 0.444. The standard InChI is InChI=1S/C27H31N5O/c1-15(2)24-21-13-19(5-6-23(21)29-25(24)20-11-16(3)28-17(4)12-20)26-30-31-27(33-26)22-14-32-9-7-18(22)8-10-32/h5-6,11-13,15,18,22,29H,7-10,14H2,1-4H3. The maximum atomic E-state index is 6.27. The van der Waals surface area contributed by atoms with E-state index in [1.165, 1.54) is 48.1 Å². The number of pyridine rings is 1. The second-order valence-electron chi connectivity index (χ2n) is 10.2. The summed E-state index contributed by atoms with van der Waals surface area (Å²) in [6.45, 7) is 12.1. The van der Waals surface area contributed by atoms with Gasteiger partial charge in [0.05, 0.1) is 11.6 Å². The minimum absolute atomic E-state index is 0.364. The highest BCUT2D eigenvalue weighted by Gasteiger charge is 2.38. The minimum atomic E-state index is 0.364. The Labute approximate surface area is 194 Å². The highest BCUT2D eigenvalue weighted by Crippen LogP contribution is 2.40. The van der Waals surface area contributed by atoms with Crippen molar-refractivity contribution in [1.29, 1.82) is 0 Å². The van der Waals surface area contributed by atoms with Crippen molar-refractivity contribution in [2.24, 2.45) is 5.92 Å². The average molecular weight is 442 g/mol. The summed E-state index contributed by atoms with van der Waals surface area (Å²) in [5.74, 6) is 2.85. The van der Waals surface area contributed by atoms with Gasteiger partial charge in [-0.2, -0.15) is 0 Å². The molecule has 6 nitrogen and oxygen atoms in total. The summed E-state index contributed by atoms with van der Waals surface area (Å²) in [5, 5.41) is 10.2. The number of hydrogen-bond acceptors (Lipinski definition) is 5. The van der Waals surface area contributed by atoms with Gasteiger partial charge in [0.1, 0.15) is 0 Å². The molecule has 7 rings (SSSR count). The van der Waals surface area contributed by atoms with Gasteiger partial charge in [0, 0.05) is 40.0 Å². The van der Waals surface area contributed by atoms with E-state index >= 15 is 0 Å². The van der Waals surface area contributed by atoms with Crippen molar-refractivity contribution in [3.05, 3.63) is 53.2 Å². The minimum Gasteiger partial charge on any atom is -0.420 e. The lowest BCUT2D eigenvalue weighted by Crippen LogP contribution is -2.46. The molecule has 6 heterocycles. The number of aromatic nitrogens is 4. The first-order valence-electron chi connectivity index (χ1n) is 12.1. The molecule has 1 N–H and O–H groups in total. The molecule has 2 bridgehead atoms. The van der Waals surface area contributed by atoms with Gasteiger partial charge in [-0.15, -0.1) is 10.2 Å². The van der Waals surface area contributed by atoms with Gasteiger partial charge < -0.3 is 14.3 Å². The van der Waals surface area contributed by atoms with Crippen molar-refractivity contribution in [2.45, 2.75) is 52.4 Å². The van der Waals surface area contributed by atoms with E-state index < -0.39 is 0 Å². The number of H-pyrrole nitrogens is 1. The Bertz CT molecular complexity index is 1310.